The Morgan fingerprint density at radius 2 is 1.78 bits per heavy atom. The number of carbonyl (C=O) groups is 2. The lowest BCUT2D eigenvalue weighted by Gasteiger charge is -2.06. The van der Waals surface area contributed by atoms with Gasteiger partial charge in [-0.15, -0.1) is 10.2 Å². The van der Waals surface area contributed by atoms with Crippen LogP contribution in [0.2, 0.25) is 0 Å². The average Bonchev–Trinajstić information content (AvgIpc) is 3.21. The average molecular weight is 451 g/mol. The minimum Gasteiger partial charge on any atom is -0.462 e. The van der Waals surface area contributed by atoms with E-state index in [2.05, 4.69) is 20.6 Å². The molecule has 0 aliphatic heterocycles. The van der Waals surface area contributed by atoms with E-state index in [-0.39, 0.29) is 17.5 Å². The Bertz CT molecular complexity index is 1260. The number of benzene rings is 2. The molecule has 0 saturated carbocycles. The number of ether oxygens (including phenoxy) is 1. The fraction of sp³-hybridized carbons (Fsp3) is 0.136. The van der Waals surface area contributed by atoms with Gasteiger partial charge in [0.15, 0.2) is 5.65 Å². The van der Waals surface area contributed by atoms with E-state index in [1.807, 2.05) is 0 Å². The minimum absolute atomic E-state index is 0.0862. The molecular weight excluding hydrogens is 433 g/mol. The number of nitrogens with one attached hydrogen (secondary N) is 1. The van der Waals surface area contributed by atoms with Gasteiger partial charge in [-0.2, -0.15) is 9.61 Å². The van der Waals surface area contributed by atoms with Crippen molar-refractivity contribution in [2.24, 2.45) is 0 Å². The number of amides is 1. The van der Waals surface area contributed by atoms with Crippen LogP contribution in [0, 0.1) is 5.82 Å². The van der Waals surface area contributed by atoms with E-state index in [1.54, 1.807) is 60.0 Å². The number of anilines is 1. The Kier molecular flexibility index (Phi) is 6.41. The Labute approximate surface area is 186 Å². The van der Waals surface area contributed by atoms with Crippen molar-refractivity contribution in [2.75, 3.05) is 17.7 Å². The lowest BCUT2D eigenvalue weighted by molar-refractivity contribution is -0.113. The van der Waals surface area contributed by atoms with Crippen molar-refractivity contribution in [3.05, 3.63) is 72.0 Å². The molecule has 162 valence electrons. The van der Waals surface area contributed by atoms with Crippen molar-refractivity contribution < 1.29 is 18.7 Å². The molecule has 0 bridgehead atoms. The van der Waals surface area contributed by atoms with Gasteiger partial charge in [0.2, 0.25) is 11.1 Å². The summed E-state index contributed by atoms with van der Waals surface area (Å²) < 4.78 is 19.7. The molecule has 2 aromatic heterocycles. The molecule has 0 aliphatic carbocycles. The van der Waals surface area contributed by atoms with Crippen LogP contribution in [0.1, 0.15) is 17.3 Å². The molecule has 0 fully saturated rings. The second-order valence-corrected chi connectivity index (χ2v) is 7.56. The molecular formula is C22H18FN5O3S. The van der Waals surface area contributed by atoms with Crippen molar-refractivity contribution >= 4 is 35.0 Å². The molecule has 8 nitrogen and oxygen atoms in total. The highest BCUT2D eigenvalue weighted by Gasteiger charge is 2.12. The summed E-state index contributed by atoms with van der Waals surface area (Å²) in [6.45, 7) is 2.04. The number of thioether (sulfide) groups is 1. The van der Waals surface area contributed by atoms with E-state index in [4.69, 9.17) is 4.74 Å². The molecule has 0 radical (unpaired) electrons. The smallest absolute Gasteiger partial charge is 0.338 e. The van der Waals surface area contributed by atoms with Gasteiger partial charge in [0.05, 0.1) is 23.6 Å². The van der Waals surface area contributed by atoms with E-state index < -0.39 is 5.97 Å². The number of hydrogen-bond acceptors (Lipinski definition) is 7. The second kappa shape index (κ2) is 9.56. The van der Waals surface area contributed by atoms with Crippen LogP contribution in [0.25, 0.3) is 16.9 Å². The van der Waals surface area contributed by atoms with Crippen molar-refractivity contribution in [3.63, 3.8) is 0 Å². The van der Waals surface area contributed by atoms with Gasteiger partial charge >= 0.3 is 5.97 Å². The summed E-state index contributed by atoms with van der Waals surface area (Å²) in [5.74, 6) is -0.891. The van der Waals surface area contributed by atoms with Crippen LogP contribution in [-0.4, -0.2) is 44.0 Å². The predicted octanol–water partition coefficient (Wildman–Crippen LogP) is 3.84. The van der Waals surface area contributed by atoms with Gasteiger partial charge in [0.25, 0.3) is 0 Å². The van der Waals surface area contributed by atoms with Gasteiger partial charge in [-0.3, -0.25) is 4.79 Å². The quantitative estimate of drug-likeness (QED) is 0.337. The summed E-state index contributed by atoms with van der Waals surface area (Å²) in [7, 11) is 0. The lowest BCUT2D eigenvalue weighted by atomic mass is 10.1. The molecule has 10 heteroatoms. The van der Waals surface area contributed by atoms with Gasteiger partial charge in [-0.05, 0) is 67.6 Å². The monoisotopic (exact) mass is 451 g/mol. The highest BCUT2D eigenvalue weighted by atomic mass is 32.2. The van der Waals surface area contributed by atoms with Crippen LogP contribution in [0.4, 0.5) is 10.1 Å². The fourth-order valence-electron chi connectivity index (χ4n) is 2.87. The third kappa shape index (κ3) is 4.92. The van der Waals surface area contributed by atoms with E-state index in [1.165, 1.54) is 23.9 Å². The first-order valence-corrected chi connectivity index (χ1v) is 10.7. The third-order valence-electron chi connectivity index (χ3n) is 4.39. The molecule has 0 unspecified atom stereocenters. The number of fused-ring (bicyclic) bond motifs is 1. The number of aromatic nitrogens is 4. The van der Waals surface area contributed by atoms with Gasteiger partial charge in [-0.25, -0.2) is 9.18 Å². The van der Waals surface area contributed by atoms with Crippen LogP contribution in [0.3, 0.4) is 0 Å². The molecule has 0 atom stereocenters. The largest absolute Gasteiger partial charge is 0.462 e. The lowest BCUT2D eigenvalue weighted by Crippen LogP contribution is -2.14. The molecule has 1 N–H and O–H groups in total. The predicted molar refractivity (Wildman–Crippen MR) is 118 cm³/mol. The van der Waals surface area contributed by atoms with Crippen LogP contribution in [-0.2, 0) is 9.53 Å². The first-order valence-electron chi connectivity index (χ1n) is 9.71. The number of rotatable bonds is 7. The molecule has 2 aromatic carbocycles. The number of hydrogen-bond donors (Lipinski definition) is 1. The number of halogens is 1. The van der Waals surface area contributed by atoms with Crippen LogP contribution < -0.4 is 5.32 Å². The SMILES string of the molecule is CCOC(=O)c1ccc(NC(=O)CSc2nnc3ccc(-c4ccc(F)cc4)nn23)cc1. The van der Waals surface area contributed by atoms with Crippen molar-refractivity contribution in [1.82, 2.24) is 19.8 Å². The van der Waals surface area contributed by atoms with Gasteiger partial charge in [0.1, 0.15) is 5.82 Å². The molecule has 1 amide bonds. The summed E-state index contributed by atoms with van der Waals surface area (Å²) in [5, 5.41) is 15.9. The van der Waals surface area contributed by atoms with Gasteiger partial charge in [0, 0.05) is 11.3 Å². The topological polar surface area (TPSA) is 98.5 Å². The summed E-state index contributed by atoms with van der Waals surface area (Å²) in [6, 6.07) is 16.0. The van der Waals surface area contributed by atoms with E-state index in [0.717, 1.165) is 5.56 Å². The maximum atomic E-state index is 13.2. The van der Waals surface area contributed by atoms with E-state index >= 15 is 0 Å². The van der Waals surface area contributed by atoms with Crippen LogP contribution >= 0.6 is 11.8 Å². The van der Waals surface area contributed by atoms with Crippen LogP contribution in [0.5, 0.6) is 0 Å². The zero-order valence-corrected chi connectivity index (χ0v) is 17.8. The summed E-state index contributed by atoms with van der Waals surface area (Å²) >= 11 is 1.19. The first-order chi connectivity index (χ1) is 15.5. The summed E-state index contributed by atoms with van der Waals surface area (Å²) in [6.07, 6.45) is 0. The summed E-state index contributed by atoms with van der Waals surface area (Å²) in [4.78, 5) is 24.0. The molecule has 0 spiro atoms. The summed E-state index contributed by atoms with van der Waals surface area (Å²) in [5.41, 5.74) is 2.89. The standard InChI is InChI=1S/C22H18FN5O3S/c1-2-31-21(30)15-5-9-17(10-6-15)24-20(29)13-32-22-26-25-19-12-11-18(27-28(19)22)14-3-7-16(23)8-4-14/h3-12H,2,13H2,1H3,(H,24,29). The molecule has 4 aromatic rings. The Morgan fingerprint density at radius 3 is 2.50 bits per heavy atom. The normalized spacial score (nSPS) is 10.8. The molecule has 0 aliphatic rings. The first kappa shape index (κ1) is 21.4. The molecule has 0 saturated heterocycles. The zero-order chi connectivity index (χ0) is 22.5. The fourth-order valence-corrected chi connectivity index (χ4v) is 3.55. The zero-order valence-electron chi connectivity index (χ0n) is 17.0. The highest BCUT2D eigenvalue weighted by Crippen LogP contribution is 2.21. The molecule has 4 rings (SSSR count). The third-order valence-corrected chi connectivity index (χ3v) is 5.31. The maximum absolute atomic E-state index is 13.2. The van der Waals surface area contributed by atoms with Crippen LogP contribution in [0.15, 0.2) is 65.8 Å². The Morgan fingerprint density at radius 1 is 1.03 bits per heavy atom. The van der Waals surface area contributed by atoms with Crippen molar-refractivity contribution in [3.8, 4) is 11.3 Å². The minimum atomic E-state index is -0.410. The molecule has 2 heterocycles. The van der Waals surface area contributed by atoms with Gasteiger partial charge in [-0.1, -0.05) is 11.8 Å². The Hall–Kier alpha value is -3.79. The van der Waals surface area contributed by atoms with Crippen molar-refractivity contribution in [2.45, 2.75) is 12.1 Å². The van der Waals surface area contributed by atoms with E-state index in [9.17, 15) is 14.0 Å². The number of nitrogens with zero attached hydrogens (tertiary/aromatic N) is 4. The maximum Gasteiger partial charge on any atom is 0.338 e. The number of carbonyl (C=O) groups excluding carboxylic acids is 2. The molecule has 32 heavy (non-hydrogen) atoms. The highest BCUT2D eigenvalue weighted by molar-refractivity contribution is 7.99. The van der Waals surface area contributed by atoms with Crippen molar-refractivity contribution in [1.29, 1.82) is 0 Å². The van der Waals surface area contributed by atoms with Gasteiger partial charge < -0.3 is 10.1 Å². The number of esters is 1. The Balaban J connectivity index is 1.41. The second-order valence-electron chi connectivity index (χ2n) is 6.61. The van der Waals surface area contributed by atoms with E-state index in [0.29, 0.717) is 34.4 Å².